The molecule has 1 rings (SSSR count). The van der Waals surface area contributed by atoms with E-state index in [1.807, 2.05) is 0 Å². The molecular formula is C16H26Na. The van der Waals surface area contributed by atoms with Gasteiger partial charge in [-0.1, -0.05) is 82.2 Å². The van der Waals surface area contributed by atoms with Crippen LogP contribution in [0.1, 0.15) is 63.9 Å². The quantitative estimate of drug-likeness (QED) is 0.422. The molecule has 0 bridgehead atoms. The maximum atomic E-state index is 2.28. The van der Waals surface area contributed by atoms with Crippen LogP contribution in [0.5, 0.6) is 0 Å². The third-order valence-corrected chi connectivity index (χ3v) is 3.16. The number of aryl methyl sites for hydroxylation is 1. The Bertz CT molecular complexity index is 243. The van der Waals surface area contributed by atoms with Crippen molar-refractivity contribution in [3.8, 4) is 0 Å². The van der Waals surface area contributed by atoms with Crippen LogP contribution in [-0.2, 0) is 6.42 Å². The Kier molecular flexibility index (Phi) is 12.8. The molecule has 1 aromatic carbocycles. The van der Waals surface area contributed by atoms with Crippen molar-refractivity contribution in [3.63, 3.8) is 0 Å². The van der Waals surface area contributed by atoms with Crippen LogP contribution in [0.25, 0.3) is 0 Å². The van der Waals surface area contributed by atoms with Crippen LogP contribution < -0.4 is 0 Å². The summed E-state index contributed by atoms with van der Waals surface area (Å²) in [7, 11) is 0. The van der Waals surface area contributed by atoms with Crippen molar-refractivity contribution in [2.45, 2.75) is 64.7 Å². The zero-order valence-corrected chi connectivity index (χ0v) is 13.8. The molecule has 0 spiro atoms. The second-order valence-electron chi connectivity index (χ2n) is 4.71. The standard InChI is InChI=1S/C16H26.Na/c1-2-3-4-5-6-7-8-10-13-16-14-11-9-12-15-16;/h9,11-12,14-15H,2-8,10,13H2,1H3;. The summed E-state index contributed by atoms with van der Waals surface area (Å²) >= 11 is 0. The van der Waals surface area contributed by atoms with Crippen molar-refractivity contribution in [2.75, 3.05) is 0 Å². The molecule has 0 heterocycles. The van der Waals surface area contributed by atoms with Crippen LogP contribution >= 0.6 is 0 Å². The van der Waals surface area contributed by atoms with Gasteiger partial charge in [-0.05, 0) is 18.4 Å². The third-order valence-electron chi connectivity index (χ3n) is 3.16. The van der Waals surface area contributed by atoms with Crippen LogP contribution in [0.15, 0.2) is 30.3 Å². The monoisotopic (exact) mass is 241 g/mol. The number of benzene rings is 1. The molecule has 0 saturated carbocycles. The largest absolute Gasteiger partial charge is 0.0654 e. The molecule has 0 aliphatic carbocycles. The summed E-state index contributed by atoms with van der Waals surface area (Å²) in [5.74, 6) is 0. The zero-order valence-electron chi connectivity index (χ0n) is 11.8. The van der Waals surface area contributed by atoms with Gasteiger partial charge >= 0.3 is 0 Å². The molecule has 0 saturated heterocycles. The van der Waals surface area contributed by atoms with Crippen LogP contribution in [0.2, 0.25) is 0 Å². The molecule has 0 fully saturated rings. The minimum atomic E-state index is 0. The summed E-state index contributed by atoms with van der Waals surface area (Å²) in [6.45, 7) is 2.28. The summed E-state index contributed by atoms with van der Waals surface area (Å²) in [6, 6.07) is 10.8. The Balaban J connectivity index is 0.00000256. The van der Waals surface area contributed by atoms with E-state index in [1.54, 1.807) is 0 Å². The van der Waals surface area contributed by atoms with E-state index in [1.165, 1.54) is 63.4 Å². The molecule has 1 aromatic rings. The van der Waals surface area contributed by atoms with Crippen LogP contribution in [-0.4, -0.2) is 29.6 Å². The number of unbranched alkanes of at least 4 members (excludes halogenated alkanes) is 7. The third kappa shape index (κ3) is 9.88. The van der Waals surface area contributed by atoms with Crippen LogP contribution in [0, 0.1) is 0 Å². The maximum absolute atomic E-state index is 2.28. The first-order valence-corrected chi connectivity index (χ1v) is 6.97. The molecule has 0 unspecified atom stereocenters. The number of rotatable bonds is 9. The minimum absolute atomic E-state index is 0. The summed E-state index contributed by atoms with van der Waals surface area (Å²) in [5, 5.41) is 0. The maximum Gasteiger partial charge on any atom is 0 e. The second-order valence-corrected chi connectivity index (χ2v) is 4.71. The fourth-order valence-corrected chi connectivity index (χ4v) is 2.11. The summed E-state index contributed by atoms with van der Waals surface area (Å²) in [6.07, 6.45) is 12.5. The molecule has 1 radical (unpaired) electrons. The first-order valence-electron chi connectivity index (χ1n) is 6.97. The fraction of sp³-hybridized carbons (Fsp3) is 0.625. The molecule has 0 aliphatic rings. The summed E-state index contributed by atoms with van der Waals surface area (Å²) < 4.78 is 0. The zero-order chi connectivity index (χ0) is 11.5. The van der Waals surface area contributed by atoms with Gasteiger partial charge in [-0.3, -0.25) is 0 Å². The van der Waals surface area contributed by atoms with E-state index in [9.17, 15) is 0 Å². The molecule has 91 valence electrons. The predicted molar refractivity (Wildman–Crippen MR) is 78.5 cm³/mol. The average molecular weight is 241 g/mol. The predicted octanol–water partition coefficient (Wildman–Crippen LogP) is 4.99. The van der Waals surface area contributed by atoms with E-state index in [-0.39, 0.29) is 29.6 Å². The van der Waals surface area contributed by atoms with Gasteiger partial charge in [0.15, 0.2) is 0 Å². The van der Waals surface area contributed by atoms with Gasteiger partial charge in [0.05, 0.1) is 0 Å². The number of hydrogen-bond acceptors (Lipinski definition) is 0. The smallest absolute Gasteiger partial charge is 0 e. The molecule has 0 aromatic heterocycles. The Morgan fingerprint density at radius 2 is 1.24 bits per heavy atom. The Morgan fingerprint density at radius 1 is 0.706 bits per heavy atom. The van der Waals surface area contributed by atoms with Gasteiger partial charge in [-0.15, -0.1) is 0 Å². The van der Waals surface area contributed by atoms with Gasteiger partial charge in [0.2, 0.25) is 0 Å². The van der Waals surface area contributed by atoms with E-state index < -0.39 is 0 Å². The van der Waals surface area contributed by atoms with Gasteiger partial charge in [-0.25, -0.2) is 0 Å². The molecule has 0 atom stereocenters. The van der Waals surface area contributed by atoms with Crippen molar-refractivity contribution in [1.29, 1.82) is 0 Å². The molecule has 0 amide bonds. The summed E-state index contributed by atoms with van der Waals surface area (Å²) in [4.78, 5) is 0. The molecule has 0 nitrogen and oxygen atoms in total. The van der Waals surface area contributed by atoms with Gasteiger partial charge < -0.3 is 0 Å². The Hall–Kier alpha value is 0.220. The first-order chi connectivity index (χ1) is 7.93. The van der Waals surface area contributed by atoms with Crippen LogP contribution in [0.3, 0.4) is 0 Å². The van der Waals surface area contributed by atoms with Gasteiger partial charge in [-0.2, -0.15) is 0 Å². The second kappa shape index (κ2) is 12.7. The van der Waals surface area contributed by atoms with E-state index in [4.69, 9.17) is 0 Å². The van der Waals surface area contributed by atoms with Crippen LogP contribution in [0.4, 0.5) is 0 Å². The molecule has 17 heavy (non-hydrogen) atoms. The minimum Gasteiger partial charge on any atom is -0.0654 e. The van der Waals surface area contributed by atoms with Gasteiger partial charge in [0, 0.05) is 29.6 Å². The van der Waals surface area contributed by atoms with Gasteiger partial charge in [0.1, 0.15) is 0 Å². The van der Waals surface area contributed by atoms with Crippen molar-refractivity contribution in [1.82, 2.24) is 0 Å². The SMILES string of the molecule is CCCCCCCCCCc1ccccc1.[Na]. The number of hydrogen-bond donors (Lipinski definition) is 0. The Labute approximate surface area is 129 Å². The average Bonchev–Trinajstić information content (AvgIpc) is 2.34. The van der Waals surface area contributed by atoms with Crippen molar-refractivity contribution in [3.05, 3.63) is 35.9 Å². The fourth-order valence-electron chi connectivity index (χ4n) is 2.11. The first kappa shape index (κ1) is 17.2. The van der Waals surface area contributed by atoms with E-state index >= 15 is 0 Å². The molecule has 0 aliphatic heterocycles. The Morgan fingerprint density at radius 3 is 1.82 bits per heavy atom. The molecule has 0 N–H and O–H groups in total. The molecule has 1 heteroatoms. The van der Waals surface area contributed by atoms with Crippen molar-refractivity contribution >= 4 is 29.6 Å². The van der Waals surface area contributed by atoms with Crippen molar-refractivity contribution < 1.29 is 0 Å². The normalized spacial score (nSPS) is 9.94. The molecular weight excluding hydrogens is 215 g/mol. The van der Waals surface area contributed by atoms with E-state index in [0.717, 1.165) is 0 Å². The topological polar surface area (TPSA) is 0 Å². The van der Waals surface area contributed by atoms with E-state index in [0.29, 0.717) is 0 Å². The summed E-state index contributed by atoms with van der Waals surface area (Å²) in [5.41, 5.74) is 1.49. The van der Waals surface area contributed by atoms with Gasteiger partial charge in [0.25, 0.3) is 0 Å². The van der Waals surface area contributed by atoms with Crippen molar-refractivity contribution in [2.24, 2.45) is 0 Å². The van der Waals surface area contributed by atoms with E-state index in [2.05, 4.69) is 37.3 Å².